The molecule has 0 bridgehead atoms. The largest absolute Gasteiger partial charge is 0.322 e. The summed E-state index contributed by atoms with van der Waals surface area (Å²) in [4.78, 5) is 19.9. The van der Waals surface area contributed by atoms with Crippen LogP contribution in [-0.2, 0) is 6.54 Å². The van der Waals surface area contributed by atoms with Gasteiger partial charge < -0.3 is 5.32 Å². The van der Waals surface area contributed by atoms with E-state index in [9.17, 15) is 4.79 Å². The second-order valence-corrected chi connectivity index (χ2v) is 10.0. The first kappa shape index (κ1) is 23.5. The number of carbonyl (C=O) groups excluding carboxylic acids is 1. The number of likely N-dealkylation sites (tertiary alicyclic amines) is 1. The molecular formula is C30H30ClN3O. The maximum atomic E-state index is 12.8. The molecule has 0 aliphatic carbocycles. The van der Waals surface area contributed by atoms with Gasteiger partial charge in [-0.15, -0.1) is 0 Å². The smallest absolute Gasteiger partial charge is 0.257 e. The molecule has 0 radical (unpaired) electrons. The molecule has 0 spiro atoms. The first-order valence-electron chi connectivity index (χ1n) is 12.3. The lowest BCUT2D eigenvalue weighted by Gasteiger charge is -2.39. The number of pyridine rings is 1. The number of nitrogens with one attached hydrogen (secondary N) is 1. The summed E-state index contributed by atoms with van der Waals surface area (Å²) < 4.78 is 0. The van der Waals surface area contributed by atoms with Crippen molar-refractivity contribution in [3.8, 4) is 11.3 Å². The number of amides is 1. The number of nitrogens with zero attached hydrogens (tertiary/aromatic N) is 2. The molecule has 1 amide bonds. The highest BCUT2D eigenvalue weighted by atomic mass is 35.5. The zero-order chi connectivity index (χ0) is 24.4. The minimum atomic E-state index is -0.177. The third-order valence-corrected chi connectivity index (χ3v) is 7.32. The Kier molecular flexibility index (Phi) is 6.85. The molecule has 178 valence electrons. The highest BCUT2D eigenvalue weighted by Crippen LogP contribution is 2.27. The number of hydrogen-bond donors (Lipinski definition) is 1. The predicted molar refractivity (Wildman–Crippen MR) is 145 cm³/mol. The molecule has 5 rings (SSSR count). The summed E-state index contributed by atoms with van der Waals surface area (Å²) in [6.45, 7) is 5.66. The highest BCUT2D eigenvalue weighted by molar-refractivity contribution is 6.30. The van der Waals surface area contributed by atoms with Gasteiger partial charge in [-0.1, -0.05) is 48.4 Å². The number of fused-ring (bicyclic) bond motifs is 1. The lowest BCUT2D eigenvalue weighted by molar-refractivity contribution is 0.0953. The Morgan fingerprint density at radius 2 is 1.66 bits per heavy atom. The Morgan fingerprint density at radius 3 is 2.37 bits per heavy atom. The van der Waals surface area contributed by atoms with Gasteiger partial charge in [0.2, 0.25) is 0 Å². The van der Waals surface area contributed by atoms with Crippen molar-refractivity contribution in [3.05, 3.63) is 95.1 Å². The number of piperidine rings is 1. The van der Waals surface area contributed by atoms with E-state index in [2.05, 4.69) is 53.3 Å². The Balaban J connectivity index is 1.27. The number of rotatable bonds is 5. The van der Waals surface area contributed by atoms with Gasteiger partial charge in [0.25, 0.3) is 5.91 Å². The van der Waals surface area contributed by atoms with Crippen molar-refractivity contribution >= 4 is 34.0 Å². The summed E-state index contributed by atoms with van der Waals surface area (Å²) >= 11 is 5.96. The van der Waals surface area contributed by atoms with E-state index in [1.165, 1.54) is 30.2 Å². The van der Waals surface area contributed by atoms with E-state index in [4.69, 9.17) is 11.6 Å². The number of carbonyl (C=O) groups is 1. The zero-order valence-corrected chi connectivity index (χ0v) is 20.9. The van der Waals surface area contributed by atoms with Crippen molar-refractivity contribution in [2.75, 3.05) is 5.32 Å². The minimum Gasteiger partial charge on any atom is -0.322 e. The van der Waals surface area contributed by atoms with Crippen LogP contribution in [0.1, 0.15) is 49.0 Å². The van der Waals surface area contributed by atoms with E-state index in [1.54, 1.807) is 12.3 Å². The van der Waals surface area contributed by atoms with E-state index in [0.29, 0.717) is 22.7 Å². The fourth-order valence-electron chi connectivity index (χ4n) is 4.99. The number of benzene rings is 3. The van der Waals surface area contributed by atoms with E-state index in [0.717, 1.165) is 28.9 Å². The van der Waals surface area contributed by atoms with E-state index < -0.39 is 0 Å². The van der Waals surface area contributed by atoms with E-state index in [1.807, 2.05) is 42.5 Å². The van der Waals surface area contributed by atoms with Crippen LogP contribution in [0, 0.1) is 0 Å². The van der Waals surface area contributed by atoms with Gasteiger partial charge in [0.05, 0.1) is 11.3 Å². The van der Waals surface area contributed by atoms with Crippen LogP contribution in [-0.4, -0.2) is 27.9 Å². The molecule has 4 nitrogen and oxygen atoms in total. The van der Waals surface area contributed by atoms with Gasteiger partial charge in [-0.05, 0) is 85.5 Å². The normalized spacial score (nSPS) is 18.5. The lowest BCUT2D eigenvalue weighted by atomic mass is 9.96. The summed E-state index contributed by atoms with van der Waals surface area (Å²) in [6.07, 6.45) is 5.49. The van der Waals surface area contributed by atoms with Crippen molar-refractivity contribution in [2.45, 2.75) is 51.7 Å². The monoisotopic (exact) mass is 483 g/mol. The van der Waals surface area contributed by atoms with Gasteiger partial charge in [-0.25, -0.2) is 0 Å². The Morgan fingerprint density at radius 1 is 0.943 bits per heavy atom. The first-order valence-corrected chi connectivity index (χ1v) is 12.7. The van der Waals surface area contributed by atoms with Crippen molar-refractivity contribution < 1.29 is 4.79 Å². The van der Waals surface area contributed by atoms with Crippen LogP contribution in [0.3, 0.4) is 0 Å². The zero-order valence-electron chi connectivity index (χ0n) is 20.2. The topological polar surface area (TPSA) is 45.2 Å². The molecule has 4 aromatic rings. The molecule has 2 heterocycles. The maximum Gasteiger partial charge on any atom is 0.257 e. The van der Waals surface area contributed by atoms with Crippen molar-refractivity contribution in [1.82, 2.24) is 9.88 Å². The second-order valence-electron chi connectivity index (χ2n) is 9.59. The third kappa shape index (κ3) is 5.39. The fraction of sp³-hybridized carbons (Fsp3) is 0.267. The molecule has 1 aliphatic heterocycles. The molecule has 0 unspecified atom stereocenters. The number of halogens is 1. The molecular weight excluding hydrogens is 454 g/mol. The molecule has 0 saturated carbocycles. The van der Waals surface area contributed by atoms with E-state index >= 15 is 0 Å². The summed E-state index contributed by atoms with van der Waals surface area (Å²) in [5, 5.41) is 5.99. The van der Waals surface area contributed by atoms with Gasteiger partial charge >= 0.3 is 0 Å². The number of aromatic nitrogens is 1. The molecule has 1 aliphatic rings. The van der Waals surface area contributed by atoms with Crippen LogP contribution in [0.2, 0.25) is 5.02 Å². The molecule has 1 aromatic heterocycles. The van der Waals surface area contributed by atoms with Crippen LogP contribution in [0.5, 0.6) is 0 Å². The van der Waals surface area contributed by atoms with Gasteiger partial charge in [0.15, 0.2) is 0 Å². The molecule has 1 N–H and O–H groups in total. The van der Waals surface area contributed by atoms with Crippen LogP contribution >= 0.6 is 11.6 Å². The van der Waals surface area contributed by atoms with Gasteiger partial charge in [-0.3, -0.25) is 14.7 Å². The van der Waals surface area contributed by atoms with Gasteiger partial charge in [0, 0.05) is 41.1 Å². The average molecular weight is 484 g/mol. The first-order chi connectivity index (χ1) is 17.0. The Hall–Kier alpha value is -3.21. The summed E-state index contributed by atoms with van der Waals surface area (Å²) in [7, 11) is 0. The Labute approximate surface area is 212 Å². The van der Waals surface area contributed by atoms with Crippen LogP contribution in [0.25, 0.3) is 22.0 Å². The predicted octanol–water partition coefficient (Wildman–Crippen LogP) is 7.57. The molecule has 1 saturated heterocycles. The standard InChI is InChI=1S/C30H30ClN3O/c1-20-4-3-5-21(2)34(20)19-22-6-7-25-17-28(14-10-24(25)16-22)33-30(35)26-11-15-29(32-18-26)23-8-12-27(31)13-9-23/h6-18,20-21H,3-5,19H2,1-2H3,(H,33,35)/t20-,21+. The van der Waals surface area contributed by atoms with Crippen LogP contribution < -0.4 is 5.32 Å². The summed E-state index contributed by atoms with van der Waals surface area (Å²) in [6, 6.07) is 25.1. The minimum absolute atomic E-state index is 0.177. The van der Waals surface area contributed by atoms with Crippen molar-refractivity contribution in [3.63, 3.8) is 0 Å². The molecule has 35 heavy (non-hydrogen) atoms. The highest BCUT2D eigenvalue weighted by Gasteiger charge is 2.24. The summed E-state index contributed by atoms with van der Waals surface area (Å²) in [5.74, 6) is -0.177. The Bertz CT molecular complexity index is 1320. The quantitative estimate of drug-likeness (QED) is 0.318. The van der Waals surface area contributed by atoms with Gasteiger partial charge in [0.1, 0.15) is 0 Å². The second kappa shape index (κ2) is 10.2. The average Bonchev–Trinajstić information content (AvgIpc) is 2.87. The SMILES string of the molecule is C[C@@H]1CCC[C@H](C)N1Cc1ccc2cc(NC(=O)c3ccc(-c4ccc(Cl)cc4)nc3)ccc2c1. The molecule has 5 heteroatoms. The third-order valence-electron chi connectivity index (χ3n) is 7.07. The molecule has 1 fully saturated rings. The number of hydrogen-bond acceptors (Lipinski definition) is 3. The molecule has 2 atom stereocenters. The van der Waals surface area contributed by atoms with E-state index in [-0.39, 0.29) is 5.91 Å². The number of anilines is 1. The van der Waals surface area contributed by atoms with Crippen molar-refractivity contribution in [1.29, 1.82) is 0 Å². The van der Waals surface area contributed by atoms with Crippen LogP contribution in [0.4, 0.5) is 5.69 Å². The van der Waals surface area contributed by atoms with Gasteiger partial charge in [-0.2, -0.15) is 0 Å². The lowest BCUT2D eigenvalue weighted by Crippen LogP contribution is -2.42. The maximum absolute atomic E-state index is 12.8. The fourth-order valence-corrected chi connectivity index (χ4v) is 5.12. The molecule has 3 aromatic carbocycles. The van der Waals surface area contributed by atoms with Crippen LogP contribution in [0.15, 0.2) is 79.0 Å². The van der Waals surface area contributed by atoms with Crippen molar-refractivity contribution in [2.24, 2.45) is 0 Å². The summed E-state index contributed by atoms with van der Waals surface area (Å²) in [5.41, 5.74) is 4.38.